The van der Waals surface area contributed by atoms with Crippen molar-refractivity contribution in [3.8, 4) is 45.7 Å². The average molecular weight is 524 g/mol. The molecule has 7 rings (SSSR count). The maximum absolute atomic E-state index is 9.81. The fourth-order valence-corrected chi connectivity index (χ4v) is 5.43. The first-order chi connectivity index (χ1) is 20.2. The number of rotatable bonds is 4. The zero-order valence-electron chi connectivity index (χ0n) is 21.9. The third kappa shape index (κ3) is 4.10. The topological polar surface area (TPSA) is 58.9 Å². The van der Waals surface area contributed by atoms with Gasteiger partial charge in [0.25, 0.3) is 0 Å². The molecule has 0 radical (unpaired) electrons. The van der Waals surface area contributed by atoms with E-state index in [1.807, 2.05) is 72.8 Å². The molecule has 5 nitrogen and oxygen atoms in total. The summed E-state index contributed by atoms with van der Waals surface area (Å²) in [6.07, 6.45) is 0. The van der Waals surface area contributed by atoms with E-state index in [1.54, 1.807) is 18.2 Å². The molecule has 0 N–H and O–H groups in total. The van der Waals surface area contributed by atoms with Gasteiger partial charge in [0.05, 0.1) is 29.4 Å². The van der Waals surface area contributed by atoms with E-state index in [1.165, 1.54) is 0 Å². The summed E-state index contributed by atoms with van der Waals surface area (Å²) in [7, 11) is 0. The number of hydrogen-bond donors (Lipinski definition) is 0. The molecule has 0 spiro atoms. The van der Waals surface area contributed by atoms with Crippen LogP contribution < -0.4 is 0 Å². The highest BCUT2D eigenvalue weighted by Crippen LogP contribution is 2.39. The van der Waals surface area contributed by atoms with Gasteiger partial charge in [0.15, 0.2) is 11.5 Å². The number of nitriles is 1. The van der Waals surface area contributed by atoms with E-state index in [2.05, 4.69) is 51.9 Å². The van der Waals surface area contributed by atoms with Crippen molar-refractivity contribution < 1.29 is 0 Å². The van der Waals surface area contributed by atoms with Crippen LogP contribution in [0.1, 0.15) is 5.56 Å². The van der Waals surface area contributed by atoms with Crippen LogP contribution in [0.2, 0.25) is 0 Å². The van der Waals surface area contributed by atoms with Crippen molar-refractivity contribution in [2.45, 2.75) is 0 Å². The molecule has 41 heavy (non-hydrogen) atoms. The summed E-state index contributed by atoms with van der Waals surface area (Å²) in [5.41, 5.74) is 7.21. The van der Waals surface area contributed by atoms with Crippen molar-refractivity contribution >= 4 is 27.5 Å². The van der Waals surface area contributed by atoms with E-state index in [-0.39, 0.29) is 0 Å². The molecule has 0 aliphatic carbocycles. The zero-order valence-corrected chi connectivity index (χ0v) is 21.9. The van der Waals surface area contributed by atoms with E-state index < -0.39 is 0 Å². The third-order valence-corrected chi connectivity index (χ3v) is 7.29. The van der Waals surface area contributed by atoms with Crippen LogP contribution in [0.15, 0.2) is 127 Å². The summed E-state index contributed by atoms with van der Waals surface area (Å²) in [4.78, 5) is 13.7. The van der Waals surface area contributed by atoms with Crippen molar-refractivity contribution in [1.29, 1.82) is 5.26 Å². The standard InChI is InChI=1S/C36H21N5/c1-38-30-17-10-15-27(23-37)35(30)26-19-20-33-29(21-26)28-16-8-9-18-32(28)41(33)34-22-31(24-11-4-2-5-12-24)39-36(40-34)25-13-6-3-7-14-25/h2-22H. The van der Waals surface area contributed by atoms with Gasteiger partial charge >= 0.3 is 0 Å². The Kier molecular flexibility index (Phi) is 5.82. The SMILES string of the molecule is [C-]#[N+]c1cccc(C#N)c1-c1ccc2c(c1)c1ccccc1n2-c1cc(-c2ccccc2)nc(-c2ccccc2)n1. The summed E-state index contributed by atoms with van der Waals surface area (Å²) in [5.74, 6) is 1.41. The molecule has 7 aromatic rings. The van der Waals surface area contributed by atoms with Crippen LogP contribution in [0.3, 0.4) is 0 Å². The van der Waals surface area contributed by atoms with Crippen LogP contribution >= 0.6 is 0 Å². The molecule has 5 aromatic carbocycles. The van der Waals surface area contributed by atoms with Gasteiger partial charge in [-0.2, -0.15) is 5.26 Å². The van der Waals surface area contributed by atoms with Gasteiger partial charge in [-0.15, -0.1) is 0 Å². The Morgan fingerprint density at radius 1 is 0.634 bits per heavy atom. The normalized spacial score (nSPS) is 10.9. The zero-order chi connectivity index (χ0) is 27.8. The van der Waals surface area contributed by atoms with Crippen LogP contribution in [-0.2, 0) is 0 Å². The molecule has 0 fully saturated rings. The smallest absolute Gasteiger partial charge is 0.196 e. The number of para-hydroxylation sites is 1. The maximum Gasteiger partial charge on any atom is 0.196 e. The number of benzene rings is 5. The molecule has 0 saturated carbocycles. The number of fused-ring (bicyclic) bond motifs is 3. The lowest BCUT2D eigenvalue weighted by Gasteiger charge is -2.12. The van der Waals surface area contributed by atoms with Gasteiger partial charge < -0.3 is 0 Å². The van der Waals surface area contributed by atoms with Crippen molar-refractivity contribution in [3.63, 3.8) is 0 Å². The Labute approximate surface area is 237 Å². The Balaban J connectivity index is 1.52. The predicted octanol–water partition coefficient (Wildman–Crippen LogP) is 9.00. The van der Waals surface area contributed by atoms with Crippen LogP contribution in [0.25, 0.3) is 66.2 Å². The van der Waals surface area contributed by atoms with Crippen LogP contribution in [0, 0.1) is 17.9 Å². The quantitative estimate of drug-likeness (QED) is 0.216. The highest BCUT2D eigenvalue weighted by Gasteiger charge is 2.18. The Bertz CT molecular complexity index is 2070. The highest BCUT2D eigenvalue weighted by molar-refractivity contribution is 6.10. The minimum Gasteiger partial charge on any atom is -0.294 e. The minimum absolute atomic E-state index is 0.461. The number of aromatic nitrogens is 3. The van der Waals surface area contributed by atoms with E-state index in [9.17, 15) is 5.26 Å². The molecule has 5 heteroatoms. The van der Waals surface area contributed by atoms with Crippen molar-refractivity contribution in [2.75, 3.05) is 0 Å². The molecule has 0 aliphatic heterocycles. The van der Waals surface area contributed by atoms with Gasteiger partial charge in [-0.05, 0) is 29.8 Å². The lowest BCUT2D eigenvalue weighted by atomic mass is 9.97. The number of nitrogens with zero attached hydrogens (tertiary/aromatic N) is 5. The van der Waals surface area contributed by atoms with Gasteiger partial charge in [0.2, 0.25) is 0 Å². The monoisotopic (exact) mass is 523 g/mol. The van der Waals surface area contributed by atoms with Crippen LogP contribution in [0.5, 0.6) is 0 Å². The first kappa shape index (κ1) is 24.0. The van der Waals surface area contributed by atoms with E-state index in [0.717, 1.165) is 50.0 Å². The van der Waals surface area contributed by atoms with Gasteiger partial charge in [-0.25, -0.2) is 14.8 Å². The third-order valence-electron chi connectivity index (χ3n) is 7.29. The molecule has 0 aliphatic rings. The van der Waals surface area contributed by atoms with Crippen LogP contribution in [-0.4, -0.2) is 14.5 Å². The maximum atomic E-state index is 9.81. The van der Waals surface area contributed by atoms with Gasteiger partial charge in [0.1, 0.15) is 5.82 Å². The molecule has 0 saturated heterocycles. The second-order valence-corrected chi connectivity index (χ2v) is 9.67. The molecule has 190 valence electrons. The molecule has 0 unspecified atom stereocenters. The summed E-state index contributed by atoms with van der Waals surface area (Å²) >= 11 is 0. The Morgan fingerprint density at radius 2 is 1.34 bits per heavy atom. The fraction of sp³-hybridized carbons (Fsp3) is 0. The molecular weight excluding hydrogens is 502 g/mol. The lowest BCUT2D eigenvalue weighted by molar-refractivity contribution is 1.05. The summed E-state index contributed by atoms with van der Waals surface area (Å²) in [5, 5.41) is 11.9. The summed E-state index contributed by atoms with van der Waals surface area (Å²) in [6.45, 7) is 7.70. The predicted molar refractivity (Wildman–Crippen MR) is 164 cm³/mol. The summed E-state index contributed by atoms with van der Waals surface area (Å²) < 4.78 is 2.17. The first-order valence-electron chi connectivity index (χ1n) is 13.2. The second kappa shape index (κ2) is 9.93. The summed E-state index contributed by atoms with van der Waals surface area (Å²) in [6, 6.07) is 44.1. The molecule has 0 bridgehead atoms. The minimum atomic E-state index is 0.461. The first-order valence-corrected chi connectivity index (χ1v) is 13.2. The Morgan fingerprint density at radius 3 is 2.10 bits per heavy atom. The lowest BCUT2D eigenvalue weighted by Crippen LogP contribution is -2.02. The van der Waals surface area contributed by atoms with E-state index in [4.69, 9.17) is 16.5 Å². The molecular formula is C36H21N5. The van der Waals surface area contributed by atoms with E-state index in [0.29, 0.717) is 22.6 Å². The van der Waals surface area contributed by atoms with Crippen molar-refractivity contribution in [2.24, 2.45) is 0 Å². The Hall–Kier alpha value is -6.04. The van der Waals surface area contributed by atoms with E-state index >= 15 is 0 Å². The molecule has 0 atom stereocenters. The van der Waals surface area contributed by atoms with Crippen molar-refractivity contribution in [3.05, 3.63) is 144 Å². The average Bonchev–Trinajstić information content (AvgIpc) is 3.38. The molecule has 2 aromatic heterocycles. The van der Waals surface area contributed by atoms with Gasteiger partial charge in [0, 0.05) is 39.1 Å². The highest BCUT2D eigenvalue weighted by atomic mass is 15.1. The van der Waals surface area contributed by atoms with Crippen molar-refractivity contribution in [1.82, 2.24) is 14.5 Å². The second-order valence-electron chi connectivity index (χ2n) is 9.67. The van der Waals surface area contributed by atoms with Crippen LogP contribution in [0.4, 0.5) is 5.69 Å². The molecule has 0 amide bonds. The largest absolute Gasteiger partial charge is 0.294 e. The van der Waals surface area contributed by atoms with Gasteiger partial charge in [-0.3, -0.25) is 4.57 Å². The number of hydrogen-bond acceptors (Lipinski definition) is 3. The van der Waals surface area contributed by atoms with Gasteiger partial charge in [-0.1, -0.05) is 97.1 Å². The molecule has 2 heterocycles. The fourth-order valence-electron chi connectivity index (χ4n) is 5.43.